The molecule has 17 heavy (non-hydrogen) atoms. The highest BCUT2D eigenvalue weighted by atomic mass is 32.1. The van der Waals surface area contributed by atoms with Gasteiger partial charge in [-0.15, -0.1) is 11.3 Å². The highest BCUT2D eigenvalue weighted by molar-refractivity contribution is 7.15. The molecule has 92 valence electrons. The lowest BCUT2D eigenvalue weighted by Crippen LogP contribution is -2.21. The molecule has 0 aromatic carbocycles. The van der Waals surface area contributed by atoms with Crippen molar-refractivity contribution in [1.82, 2.24) is 4.98 Å². The number of amides is 1. The zero-order chi connectivity index (χ0) is 12.4. The fourth-order valence-corrected chi connectivity index (χ4v) is 2.95. The van der Waals surface area contributed by atoms with Crippen molar-refractivity contribution < 1.29 is 14.7 Å². The molecule has 0 spiro atoms. The van der Waals surface area contributed by atoms with Gasteiger partial charge >= 0.3 is 5.97 Å². The molecule has 0 aliphatic heterocycles. The molecule has 1 aromatic rings. The molecular weight excluding hydrogens is 240 g/mol. The zero-order valence-corrected chi connectivity index (χ0v) is 10.3. The predicted octanol–water partition coefficient (Wildman–Crippen LogP) is 1.68. The van der Waals surface area contributed by atoms with E-state index < -0.39 is 5.97 Å². The first-order chi connectivity index (χ1) is 8.10. The van der Waals surface area contributed by atoms with Gasteiger partial charge in [0.15, 0.2) is 5.13 Å². The van der Waals surface area contributed by atoms with Crippen LogP contribution in [-0.2, 0) is 22.4 Å². The number of fused-ring (bicyclic) bond motifs is 1. The van der Waals surface area contributed by atoms with Crippen LogP contribution in [0.25, 0.3) is 0 Å². The third-order valence-electron chi connectivity index (χ3n) is 2.86. The van der Waals surface area contributed by atoms with Crippen molar-refractivity contribution in [1.29, 1.82) is 0 Å². The van der Waals surface area contributed by atoms with Crippen LogP contribution in [0.2, 0.25) is 0 Å². The normalized spacial score (nSPS) is 18.5. The van der Waals surface area contributed by atoms with Gasteiger partial charge in [-0.3, -0.25) is 9.59 Å². The van der Waals surface area contributed by atoms with E-state index in [9.17, 15) is 9.59 Å². The number of carboxylic acids is 1. The Morgan fingerprint density at radius 1 is 1.59 bits per heavy atom. The molecule has 1 aliphatic rings. The second kappa shape index (κ2) is 4.83. The molecule has 6 heteroatoms. The number of carboxylic acid groups (broad SMARTS) is 1. The summed E-state index contributed by atoms with van der Waals surface area (Å²) in [7, 11) is 0. The maximum Gasteiger partial charge on any atom is 0.306 e. The van der Waals surface area contributed by atoms with Crippen LogP contribution in [0.1, 0.15) is 30.3 Å². The van der Waals surface area contributed by atoms with Gasteiger partial charge in [-0.05, 0) is 19.3 Å². The van der Waals surface area contributed by atoms with Gasteiger partial charge in [-0.1, -0.05) is 6.92 Å². The third-order valence-corrected chi connectivity index (χ3v) is 3.89. The molecule has 1 aromatic heterocycles. The number of nitrogens with zero attached hydrogens (tertiary/aromatic N) is 1. The zero-order valence-electron chi connectivity index (χ0n) is 9.52. The first-order valence-corrected chi connectivity index (χ1v) is 6.43. The van der Waals surface area contributed by atoms with Crippen molar-refractivity contribution in [3.8, 4) is 0 Å². The molecule has 1 atom stereocenters. The minimum absolute atomic E-state index is 0.0640. The topological polar surface area (TPSA) is 79.3 Å². The quantitative estimate of drug-likeness (QED) is 0.860. The van der Waals surface area contributed by atoms with E-state index in [2.05, 4.69) is 10.3 Å². The Morgan fingerprint density at radius 3 is 3.00 bits per heavy atom. The lowest BCUT2D eigenvalue weighted by atomic mass is 9.91. The summed E-state index contributed by atoms with van der Waals surface area (Å²) in [6.07, 6.45) is 2.27. The summed E-state index contributed by atoms with van der Waals surface area (Å²) in [5.41, 5.74) is 0.943. The monoisotopic (exact) mass is 254 g/mol. The first kappa shape index (κ1) is 12.0. The molecule has 0 fully saturated rings. The van der Waals surface area contributed by atoms with E-state index in [1.165, 1.54) is 11.3 Å². The maximum absolute atomic E-state index is 11.2. The van der Waals surface area contributed by atoms with Crippen molar-refractivity contribution in [3.05, 3.63) is 10.6 Å². The number of aromatic nitrogens is 1. The Hall–Kier alpha value is -1.43. The first-order valence-electron chi connectivity index (χ1n) is 5.61. The SMILES string of the molecule is CCC(=O)Nc1nc2c(s1)CC(C(=O)O)CC2. The average Bonchev–Trinajstić information content (AvgIpc) is 2.69. The summed E-state index contributed by atoms with van der Waals surface area (Å²) in [5, 5.41) is 12.3. The lowest BCUT2D eigenvalue weighted by Gasteiger charge is -2.16. The molecule has 1 amide bonds. The highest BCUT2D eigenvalue weighted by Gasteiger charge is 2.27. The average molecular weight is 254 g/mol. The molecular formula is C11H14N2O3S. The Morgan fingerprint density at radius 2 is 2.35 bits per heavy atom. The van der Waals surface area contributed by atoms with Crippen molar-refractivity contribution >= 4 is 28.3 Å². The van der Waals surface area contributed by atoms with Crippen molar-refractivity contribution in [2.24, 2.45) is 5.92 Å². The Labute approximate surface area is 103 Å². The summed E-state index contributed by atoms with van der Waals surface area (Å²) in [4.78, 5) is 27.5. The second-order valence-electron chi connectivity index (χ2n) is 4.07. The smallest absolute Gasteiger partial charge is 0.306 e. The van der Waals surface area contributed by atoms with E-state index in [1.807, 2.05) is 0 Å². The number of thiazole rings is 1. The van der Waals surface area contributed by atoms with E-state index in [0.29, 0.717) is 30.8 Å². The Bertz CT molecular complexity index is 456. The molecule has 0 saturated heterocycles. The maximum atomic E-state index is 11.2. The molecule has 1 unspecified atom stereocenters. The molecule has 0 radical (unpaired) electrons. The number of anilines is 1. The number of nitrogens with one attached hydrogen (secondary N) is 1. The molecule has 1 aliphatic carbocycles. The van der Waals surface area contributed by atoms with Crippen LogP contribution in [0.4, 0.5) is 5.13 Å². The van der Waals surface area contributed by atoms with Crippen LogP contribution in [0.15, 0.2) is 0 Å². The minimum atomic E-state index is -0.747. The summed E-state index contributed by atoms with van der Waals surface area (Å²) in [6, 6.07) is 0. The van der Waals surface area contributed by atoms with Gasteiger partial charge in [-0.2, -0.15) is 0 Å². The van der Waals surface area contributed by atoms with Gasteiger partial charge in [-0.25, -0.2) is 4.98 Å². The third kappa shape index (κ3) is 2.63. The van der Waals surface area contributed by atoms with E-state index in [4.69, 9.17) is 5.11 Å². The predicted molar refractivity (Wildman–Crippen MR) is 64.2 cm³/mol. The van der Waals surface area contributed by atoms with Crippen molar-refractivity contribution in [2.45, 2.75) is 32.6 Å². The molecule has 2 N–H and O–H groups in total. The lowest BCUT2D eigenvalue weighted by molar-refractivity contribution is -0.142. The van der Waals surface area contributed by atoms with E-state index >= 15 is 0 Å². The van der Waals surface area contributed by atoms with Crippen LogP contribution >= 0.6 is 11.3 Å². The van der Waals surface area contributed by atoms with E-state index in [0.717, 1.165) is 10.6 Å². The van der Waals surface area contributed by atoms with E-state index in [1.54, 1.807) is 6.92 Å². The minimum Gasteiger partial charge on any atom is -0.481 e. The summed E-state index contributed by atoms with van der Waals surface area (Å²) >= 11 is 1.39. The number of hydrogen-bond donors (Lipinski definition) is 2. The number of aryl methyl sites for hydroxylation is 1. The van der Waals surface area contributed by atoms with Crippen LogP contribution in [0.3, 0.4) is 0 Å². The Balaban J connectivity index is 2.11. The van der Waals surface area contributed by atoms with Gasteiger partial charge in [0.1, 0.15) is 0 Å². The largest absolute Gasteiger partial charge is 0.481 e. The van der Waals surface area contributed by atoms with Gasteiger partial charge in [0.25, 0.3) is 0 Å². The molecule has 0 bridgehead atoms. The van der Waals surface area contributed by atoms with Gasteiger partial charge < -0.3 is 10.4 Å². The molecule has 5 nitrogen and oxygen atoms in total. The molecule has 1 heterocycles. The summed E-state index contributed by atoms with van der Waals surface area (Å²) in [5.74, 6) is -1.12. The number of carbonyl (C=O) groups is 2. The number of hydrogen-bond acceptors (Lipinski definition) is 4. The van der Waals surface area contributed by atoms with Gasteiger partial charge in [0, 0.05) is 11.3 Å². The van der Waals surface area contributed by atoms with E-state index in [-0.39, 0.29) is 11.8 Å². The fraction of sp³-hybridized carbons (Fsp3) is 0.545. The highest BCUT2D eigenvalue weighted by Crippen LogP contribution is 2.32. The number of carbonyl (C=O) groups excluding carboxylic acids is 1. The van der Waals surface area contributed by atoms with Gasteiger partial charge in [0.2, 0.25) is 5.91 Å². The van der Waals surface area contributed by atoms with Crippen LogP contribution < -0.4 is 5.32 Å². The number of aliphatic carboxylic acids is 1. The van der Waals surface area contributed by atoms with Crippen LogP contribution in [0.5, 0.6) is 0 Å². The standard InChI is InChI=1S/C11H14N2O3S/c1-2-9(14)13-11-12-7-4-3-6(10(15)16)5-8(7)17-11/h6H,2-5H2,1H3,(H,15,16)(H,12,13,14). The molecule has 0 saturated carbocycles. The molecule has 2 rings (SSSR count). The van der Waals surface area contributed by atoms with Gasteiger partial charge in [0.05, 0.1) is 11.6 Å². The Kier molecular flexibility index (Phi) is 3.42. The fourth-order valence-electron chi connectivity index (χ4n) is 1.85. The number of rotatable bonds is 3. The summed E-state index contributed by atoms with van der Waals surface area (Å²) < 4.78 is 0. The van der Waals surface area contributed by atoms with Crippen LogP contribution in [0, 0.1) is 5.92 Å². The second-order valence-corrected chi connectivity index (χ2v) is 5.15. The van der Waals surface area contributed by atoms with Crippen LogP contribution in [-0.4, -0.2) is 22.0 Å². The van der Waals surface area contributed by atoms with Crippen molar-refractivity contribution in [2.75, 3.05) is 5.32 Å². The summed E-state index contributed by atoms with van der Waals surface area (Å²) in [6.45, 7) is 1.78. The van der Waals surface area contributed by atoms with Crippen molar-refractivity contribution in [3.63, 3.8) is 0 Å².